The molecule has 2 nitrogen and oxygen atoms in total. The van der Waals surface area contributed by atoms with Crippen molar-refractivity contribution < 1.29 is 9.90 Å². The lowest BCUT2D eigenvalue weighted by atomic mass is 9.98. The molecule has 0 aliphatic heterocycles. The zero-order valence-electron chi connectivity index (χ0n) is 11.4. The van der Waals surface area contributed by atoms with Crippen molar-refractivity contribution in [3.8, 4) is 16.9 Å². The predicted molar refractivity (Wildman–Crippen MR) is 83.4 cm³/mol. The van der Waals surface area contributed by atoms with Gasteiger partial charge in [0.2, 0.25) is 0 Å². The maximum absolute atomic E-state index is 12.5. The van der Waals surface area contributed by atoms with Crippen LogP contribution in [0, 0.1) is 0 Å². The summed E-state index contributed by atoms with van der Waals surface area (Å²) in [7, 11) is 0. The Morgan fingerprint density at radius 1 is 0.667 bits per heavy atom. The number of rotatable bonds is 3. The quantitative estimate of drug-likeness (QED) is 0.723. The fourth-order valence-corrected chi connectivity index (χ4v) is 2.30. The standard InChI is InChI=1S/C19H14O2/c20-18-12-16(14-7-3-1-4-8-14)11-17(13-18)19(21)15-9-5-2-6-10-15/h1-13,20H. The fraction of sp³-hybridized carbons (Fsp3) is 0. The fourth-order valence-electron chi connectivity index (χ4n) is 2.30. The summed E-state index contributed by atoms with van der Waals surface area (Å²) in [4.78, 5) is 12.5. The minimum atomic E-state index is -0.0938. The summed E-state index contributed by atoms with van der Waals surface area (Å²) in [5, 5.41) is 9.90. The van der Waals surface area contributed by atoms with E-state index < -0.39 is 0 Å². The summed E-state index contributed by atoms with van der Waals surface area (Å²) in [6.45, 7) is 0. The Labute approximate surface area is 123 Å². The first-order chi connectivity index (χ1) is 10.2. The Kier molecular flexibility index (Phi) is 3.52. The van der Waals surface area contributed by atoms with E-state index in [1.165, 1.54) is 6.07 Å². The van der Waals surface area contributed by atoms with Crippen molar-refractivity contribution in [2.75, 3.05) is 0 Å². The van der Waals surface area contributed by atoms with Crippen LogP contribution >= 0.6 is 0 Å². The molecule has 0 saturated carbocycles. The highest BCUT2D eigenvalue weighted by atomic mass is 16.3. The van der Waals surface area contributed by atoms with Gasteiger partial charge in [-0.1, -0.05) is 60.7 Å². The van der Waals surface area contributed by atoms with Crippen molar-refractivity contribution in [2.24, 2.45) is 0 Å². The first-order valence-corrected chi connectivity index (χ1v) is 6.73. The van der Waals surface area contributed by atoms with Gasteiger partial charge in [0, 0.05) is 11.1 Å². The van der Waals surface area contributed by atoms with E-state index in [0.717, 1.165) is 11.1 Å². The molecule has 3 rings (SSSR count). The molecule has 0 radical (unpaired) electrons. The van der Waals surface area contributed by atoms with Gasteiger partial charge in [0.1, 0.15) is 5.75 Å². The lowest BCUT2D eigenvalue weighted by Crippen LogP contribution is -2.01. The maximum Gasteiger partial charge on any atom is 0.193 e. The van der Waals surface area contributed by atoms with Gasteiger partial charge in [0.15, 0.2) is 5.78 Å². The van der Waals surface area contributed by atoms with E-state index in [1.54, 1.807) is 18.2 Å². The van der Waals surface area contributed by atoms with Crippen LogP contribution in [-0.4, -0.2) is 10.9 Å². The van der Waals surface area contributed by atoms with Crippen LogP contribution in [0.4, 0.5) is 0 Å². The molecule has 0 amide bonds. The van der Waals surface area contributed by atoms with Gasteiger partial charge >= 0.3 is 0 Å². The molecule has 0 atom stereocenters. The maximum atomic E-state index is 12.5. The number of phenolic OH excluding ortho intramolecular Hbond substituents is 1. The number of aromatic hydroxyl groups is 1. The van der Waals surface area contributed by atoms with Gasteiger partial charge in [-0.15, -0.1) is 0 Å². The number of carbonyl (C=O) groups excluding carboxylic acids is 1. The Morgan fingerprint density at radius 2 is 1.29 bits per heavy atom. The second-order valence-corrected chi connectivity index (χ2v) is 4.83. The SMILES string of the molecule is O=C(c1ccccc1)c1cc(O)cc(-c2ccccc2)c1. The number of hydrogen-bond donors (Lipinski definition) is 1. The largest absolute Gasteiger partial charge is 0.508 e. The van der Waals surface area contributed by atoms with Gasteiger partial charge in [-0.05, 0) is 29.3 Å². The molecule has 0 aliphatic carbocycles. The molecule has 102 valence electrons. The van der Waals surface area contributed by atoms with Gasteiger partial charge < -0.3 is 5.11 Å². The van der Waals surface area contributed by atoms with Gasteiger partial charge in [0.25, 0.3) is 0 Å². The third-order valence-electron chi connectivity index (χ3n) is 3.32. The summed E-state index contributed by atoms with van der Waals surface area (Å²) in [5.74, 6) is -0.000634. The zero-order chi connectivity index (χ0) is 14.7. The Hall–Kier alpha value is -2.87. The molecule has 21 heavy (non-hydrogen) atoms. The molecule has 0 bridgehead atoms. The van der Waals surface area contributed by atoms with E-state index in [4.69, 9.17) is 0 Å². The Bertz CT molecular complexity index is 762. The van der Waals surface area contributed by atoms with Gasteiger partial charge in [-0.2, -0.15) is 0 Å². The summed E-state index contributed by atoms with van der Waals surface area (Å²) >= 11 is 0. The van der Waals surface area contributed by atoms with E-state index >= 15 is 0 Å². The van der Waals surface area contributed by atoms with E-state index in [0.29, 0.717) is 11.1 Å². The third kappa shape index (κ3) is 2.84. The van der Waals surface area contributed by atoms with E-state index in [2.05, 4.69) is 0 Å². The number of ketones is 1. The van der Waals surface area contributed by atoms with Crippen LogP contribution in [0.2, 0.25) is 0 Å². The second kappa shape index (κ2) is 5.63. The van der Waals surface area contributed by atoms with E-state index in [1.807, 2.05) is 54.6 Å². The summed E-state index contributed by atoms with van der Waals surface area (Å²) in [5.41, 5.74) is 2.90. The highest BCUT2D eigenvalue weighted by molar-refractivity contribution is 6.09. The van der Waals surface area contributed by atoms with Crippen molar-refractivity contribution in [2.45, 2.75) is 0 Å². The molecule has 2 heteroatoms. The van der Waals surface area contributed by atoms with Gasteiger partial charge in [-0.3, -0.25) is 4.79 Å². The van der Waals surface area contributed by atoms with Crippen LogP contribution < -0.4 is 0 Å². The molecule has 3 aromatic rings. The lowest BCUT2D eigenvalue weighted by Gasteiger charge is -2.07. The van der Waals surface area contributed by atoms with Crippen molar-refractivity contribution >= 4 is 5.78 Å². The number of carbonyl (C=O) groups is 1. The van der Waals surface area contributed by atoms with Gasteiger partial charge in [-0.25, -0.2) is 0 Å². The second-order valence-electron chi connectivity index (χ2n) is 4.83. The number of phenols is 1. The van der Waals surface area contributed by atoms with Crippen molar-refractivity contribution in [3.05, 3.63) is 90.0 Å². The van der Waals surface area contributed by atoms with Crippen LogP contribution in [0.1, 0.15) is 15.9 Å². The lowest BCUT2D eigenvalue weighted by molar-refractivity contribution is 0.103. The zero-order valence-corrected chi connectivity index (χ0v) is 11.4. The average Bonchev–Trinajstić information content (AvgIpc) is 2.55. The molecule has 0 unspecified atom stereocenters. The average molecular weight is 274 g/mol. The molecule has 0 fully saturated rings. The minimum Gasteiger partial charge on any atom is -0.508 e. The van der Waals surface area contributed by atoms with Crippen LogP contribution in [0.25, 0.3) is 11.1 Å². The molecular formula is C19H14O2. The summed E-state index contributed by atoms with van der Waals surface area (Å²) in [6, 6.07) is 23.7. The van der Waals surface area contributed by atoms with Crippen LogP contribution in [0.3, 0.4) is 0 Å². The Morgan fingerprint density at radius 3 is 1.95 bits per heavy atom. The Balaban J connectivity index is 2.05. The molecular weight excluding hydrogens is 260 g/mol. The first kappa shape index (κ1) is 13.1. The smallest absolute Gasteiger partial charge is 0.193 e. The van der Waals surface area contributed by atoms with Crippen LogP contribution in [-0.2, 0) is 0 Å². The molecule has 3 aromatic carbocycles. The number of benzene rings is 3. The highest BCUT2D eigenvalue weighted by Crippen LogP contribution is 2.26. The monoisotopic (exact) mass is 274 g/mol. The van der Waals surface area contributed by atoms with E-state index in [-0.39, 0.29) is 11.5 Å². The normalized spacial score (nSPS) is 10.3. The molecule has 0 saturated heterocycles. The van der Waals surface area contributed by atoms with Gasteiger partial charge in [0.05, 0.1) is 0 Å². The van der Waals surface area contributed by atoms with Crippen molar-refractivity contribution in [1.82, 2.24) is 0 Å². The molecule has 0 heterocycles. The number of hydrogen-bond acceptors (Lipinski definition) is 2. The topological polar surface area (TPSA) is 37.3 Å². The molecule has 0 aromatic heterocycles. The molecule has 1 N–H and O–H groups in total. The summed E-state index contributed by atoms with van der Waals surface area (Å²) < 4.78 is 0. The van der Waals surface area contributed by atoms with E-state index in [9.17, 15) is 9.90 Å². The first-order valence-electron chi connectivity index (χ1n) is 6.73. The molecule has 0 aliphatic rings. The van der Waals surface area contributed by atoms with Crippen molar-refractivity contribution in [3.63, 3.8) is 0 Å². The predicted octanol–water partition coefficient (Wildman–Crippen LogP) is 4.29. The summed E-state index contributed by atoms with van der Waals surface area (Å²) in [6.07, 6.45) is 0. The van der Waals surface area contributed by atoms with Crippen LogP contribution in [0.5, 0.6) is 5.75 Å². The van der Waals surface area contributed by atoms with Crippen molar-refractivity contribution in [1.29, 1.82) is 0 Å². The minimum absolute atomic E-state index is 0.0932. The third-order valence-corrected chi connectivity index (χ3v) is 3.32. The van der Waals surface area contributed by atoms with Crippen LogP contribution in [0.15, 0.2) is 78.9 Å². The molecule has 0 spiro atoms. The highest BCUT2D eigenvalue weighted by Gasteiger charge is 2.11.